The Labute approximate surface area is 165 Å². The van der Waals surface area contributed by atoms with Crippen molar-refractivity contribution >= 4 is 5.91 Å². The van der Waals surface area contributed by atoms with Gasteiger partial charge in [0.25, 0.3) is 0 Å². The van der Waals surface area contributed by atoms with Gasteiger partial charge in [-0.3, -0.25) is 4.79 Å². The fourth-order valence-electron chi connectivity index (χ4n) is 2.91. The van der Waals surface area contributed by atoms with E-state index in [1.165, 1.54) is 0 Å². The SMILES string of the molecule is COc1ccc(-c2noc(CCC(=O)N(Cc3ccccc3)C(C)C)n2)cc1. The van der Waals surface area contributed by atoms with Crippen LogP contribution in [0.5, 0.6) is 5.75 Å². The van der Waals surface area contributed by atoms with Crippen LogP contribution in [0.3, 0.4) is 0 Å². The van der Waals surface area contributed by atoms with E-state index in [1.54, 1.807) is 7.11 Å². The van der Waals surface area contributed by atoms with Gasteiger partial charge in [-0.25, -0.2) is 0 Å². The Bertz CT molecular complexity index is 889. The van der Waals surface area contributed by atoms with Gasteiger partial charge in [0.15, 0.2) is 0 Å². The molecule has 1 amide bonds. The fourth-order valence-corrected chi connectivity index (χ4v) is 2.91. The molecule has 3 aromatic rings. The fraction of sp³-hybridized carbons (Fsp3) is 0.318. The smallest absolute Gasteiger partial charge is 0.227 e. The van der Waals surface area contributed by atoms with Crippen LogP contribution in [-0.4, -0.2) is 34.1 Å². The molecule has 2 aromatic carbocycles. The summed E-state index contributed by atoms with van der Waals surface area (Å²) in [7, 11) is 1.62. The van der Waals surface area contributed by atoms with Gasteiger partial charge >= 0.3 is 0 Å². The van der Waals surface area contributed by atoms with Crippen molar-refractivity contribution < 1.29 is 14.1 Å². The topological polar surface area (TPSA) is 68.5 Å². The van der Waals surface area contributed by atoms with E-state index in [-0.39, 0.29) is 11.9 Å². The van der Waals surface area contributed by atoms with Crippen LogP contribution in [0.4, 0.5) is 0 Å². The largest absolute Gasteiger partial charge is 0.497 e. The first-order chi connectivity index (χ1) is 13.6. The minimum Gasteiger partial charge on any atom is -0.497 e. The van der Waals surface area contributed by atoms with Crippen molar-refractivity contribution in [3.8, 4) is 17.1 Å². The van der Waals surface area contributed by atoms with Gasteiger partial charge in [0, 0.05) is 31.0 Å². The molecule has 146 valence electrons. The average Bonchev–Trinajstić information content (AvgIpc) is 3.20. The van der Waals surface area contributed by atoms with Crippen molar-refractivity contribution in [2.45, 2.75) is 39.3 Å². The first kappa shape index (κ1) is 19.6. The number of carbonyl (C=O) groups excluding carboxylic acids is 1. The Morgan fingerprint density at radius 3 is 2.46 bits per heavy atom. The molecule has 1 aromatic heterocycles. The van der Waals surface area contributed by atoms with Crippen LogP contribution < -0.4 is 4.74 Å². The quantitative estimate of drug-likeness (QED) is 0.589. The van der Waals surface area contributed by atoms with Crippen molar-refractivity contribution in [1.29, 1.82) is 0 Å². The summed E-state index contributed by atoms with van der Waals surface area (Å²) >= 11 is 0. The number of ether oxygens (including phenoxy) is 1. The number of aryl methyl sites for hydroxylation is 1. The molecule has 28 heavy (non-hydrogen) atoms. The lowest BCUT2D eigenvalue weighted by Gasteiger charge is -2.26. The van der Waals surface area contributed by atoms with Crippen LogP contribution in [0.1, 0.15) is 31.7 Å². The summed E-state index contributed by atoms with van der Waals surface area (Å²) in [6.45, 7) is 4.64. The van der Waals surface area contributed by atoms with Crippen LogP contribution >= 0.6 is 0 Å². The summed E-state index contributed by atoms with van der Waals surface area (Å²) in [6.07, 6.45) is 0.745. The summed E-state index contributed by atoms with van der Waals surface area (Å²) in [6, 6.07) is 17.6. The molecular weight excluding hydrogens is 354 g/mol. The predicted octanol–water partition coefficient (Wildman–Crippen LogP) is 4.12. The number of methoxy groups -OCH3 is 1. The van der Waals surface area contributed by atoms with Crippen LogP contribution in [0.25, 0.3) is 11.4 Å². The van der Waals surface area contributed by atoms with E-state index in [0.29, 0.717) is 31.1 Å². The highest BCUT2D eigenvalue weighted by Crippen LogP contribution is 2.20. The number of rotatable bonds is 8. The first-order valence-electron chi connectivity index (χ1n) is 9.37. The Hall–Kier alpha value is -3.15. The Kier molecular flexibility index (Phi) is 6.42. The molecule has 0 spiro atoms. The second-order valence-corrected chi connectivity index (χ2v) is 6.84. The molecule has 3 rings (SSSR count). The van der Waals surface area contributed by atoms with Gasteiger partial charge in [-0.1, -0.05) is 35.5 Å². The van der Waals surface area contributed by atoms with Gasteiger partial charge in [-0.05, 0) is 43.7 Å². The Morgan fingerprint density at radius 2 is 1.82 bits per heavy atom. The third-order valence-corrected chi connectivity index (χ3v) is 4.51. The zero-order chi connectivity index (χ0) is 19.9. The normalized spacial score (nSPS) is 10.9. The Balaban J connectivity index is 1.60. The van der Waals surface area contributed by atoms with Gasteiger partial charge in [0.05, 0.1) is 7.11 Å². The molecule has 0 unspecified atom stereocenters. The summed E-state index contributed by atoms with van der Waals surface area (Å²) < 4.78 is 10.5. The lowest BCUT2D eigenvalue weighted by Crippen LogP contribution is -2.36. The van der Waals surface area contributed by atoms with E-state index in [4.69, 9.17) is 9.26 Å². The van der Waals surface area contributed by atoms with Gasteiger partial charge in [-0.15, -0.1) is 0 Å². The van der Waals surface area contributed by atoms with Crippen molar-refractivity contribution in [1.82, 2.24) is 15.0 Å². The molecular formula is C22H25N3O3. The van der Waals surface area contributed by atoms with Gasteiger partial charge in [0.2, 0.25) is 17.6 Å². The zero-order valence-electron chi connectivity index (χ0n) is 16.5. The molecule has 0 saturated heterocycles. The highest BCUT2D eigenvalue weighted by molar-refractivity contribution is 5.76. The van der Waals surface area contributed by atoms with E-state index in [0.717, 1.165) is 16.9 Å². The number of amides is 1. The standard InChI is InChI=1S/C22H25N3O3/c1-16(2)25(15-17-7-5-4-6-8-17)21(26)14-13-20-23-22(24-28-20)18-9-11-19(27-3)12-10-18/h4-12,16H,13-15H2,1-3H3. The predicted molar refractivity (Wildman–Crippen MR) is 107 cm³/mol. The van der Waals surface area contributed by atoms with Gasteiger partial charge < -0.3 is 14.2 Å². The summed E-state index contributed by atoms with van der Waals surface area (Å²) in [4.78, 5) is 19.0. The molecule has 0 aliphatic heterocycles. The lowest BCUT2D eigenvalue weighted by molar-refractivity contribution is -0.133. The van der Waals surface area contributed by atoms with E-state index in [9.17, 15) is 4.79 Å². The summed E-state index contributed by atoms with van der Waals surface area (Å²) in [5, 5.41) is 4.02. The minimum absolute atomic E-state index is 0.0723. The van der Waals surface area contributed by atoms with Crippen LogP contribution in [0, 0.1) is 0 Å². The van der Waals surface area contributed by atoms with E-state index >= 15 is 0 Å². The number of benzene rings is 2. The third-order valence-electron chi connectivity index (χ3n) is 4.51. The number of hydrogen-bond donors (Lipinski definition) is 0. The van der Waals surface area contributed by atoms with Gasteiger partial charge in [0.1, 0.15) is 5.75 Å². The summed E-state index contributed by atoms with van der Waals surface area (Å²) in [5.74, 6) is 1.81. The number of nitrogens with zero attached hydrogens (tertiary/aromatic N) is 3. The molecule has 0 fully saturated rings. The highest BCUT2D eigenvalue weighted by atomic mass is 16.5. The second-order valence-electron chi connectivity index (χ2n) is 6.84. The van der Waals surface area contributed by atoms with Crippen LogP contribution in [-0.2, 0) is 17.8 Å². The van der Waals surface area contributed by atoms with Crippen molar-refractivity contribution in [2.75, 3.05) is 7.11 Å². The second kappa shape index (κ2) is 9.17. The maximum Gasteiger partial charge on any atom is 0.227 e. The maximum atomic E-state index is 12.7. The lowest BCUT2D eigenvalue weighted by atomic mass is 10.1. The van der Waals surface area contributed by atoms with E-state index in [1.807, 2.05) is 73.3 Å². The van der Waals surface area contributed by atoms with Crippen molar-refractivity contribution in [3.05, 3.63) is 66.1 Å². The molecule has 0 N–H and O–H groups in total. The van der Waals surface area contributed by atoms with Crippen molar-refractivity contribution in [3.63, 3.8) is 0 Å². The molecule has 0 saturated carbocycles. The molecule has 6 heteroatoms. The zero-order valence-corrected chi connectivity index (χ0v) is 16.5. The Morgan fingerprint density at radius 1 is 1.11 bits per heavy atom. The van der Waals surface area contributed by atoms with Crippen molar-refractivity contribution in [2.24, 2.45) is 0 Å². The van der Waals surface area contributed by atoms with Crippen LogP contribution in [0.15, 0.2) is 59.1 Å². The average molecular weight is 379 g/mol. The molecule has 6 nitrogen and oxygen atoms in total. The molecule has 0 bridgehead atoms. The molecule has 0 atom stereocenters. The molecule has 0 aliphatic rings. The van der Waals surface area contributed by atoms with E-state index < -0.39 is 0 Å². The third kappa shape index (κ3) is 4.97. The first-order valence-corrected chi connectivity index (χ1v) is 9.37. The van der Waals surface area contributed by atoms with Crippen LogP contribution in [0.2, 0.25) is 0 Å². The number of carbonyl (C=O) groups is 1. The number of hydrogen-bond acceptors (Lipinski definition) is 5. The maximum absolute atomic E-state index is 12.7. The summed E-state index contributed by atoms with van der Waals surface area (Å²) in [5.41, 5.74) is 1.96. The molecule has 0 radical (unpaired) electrons. The molecule has 0 aliphatic carbocycles. The van der Waals surface area contributed by atoms with Gasteiger partial charge in [-0.2, -0.15) is 4.98 Å². The molecule has 1 heterocycles. The van der Waals surface area contributed by atoms with E-state index in [2.05, 4.69) is 10.1 Å². The highest BCUT2D eigenvalue weighted by Gasteiger charge is 2.19. The monoisotopic (exact) mass is 379 g/mol. The number of aromatic nitrogens is 2. The minimum atomic E-state index is 0.0723.